The van der Waals surface area contributed by atoms with Gasteiger partial charge in [0.15, 0.2) is 0 Å². The molecule has 3 heteroatoms. The highest BCUT2D eigenvalue weighted by Gasteiger charge is 2.65. The van der Waals surface area contributed by atoms with Crippen molar-refractivity contribution in [1.82, 2.24) is 5.32 Å². The minimum absolute atomic E-state index is 0.0870. The summed E-state index contributed by atoms with van der Waals surface area (Å²) >= 11 is 0. The lowest BCUT2D eigenvalue weighted by atomic mass is 10.0. The van der Waals surface area contributed by atoms with Crippen molar-refractivity contribution in [2.24, 2.45) is 16.7 Å². The lowest BCUT2D eigenvalue weighted by molar-refractivity contribution is -0.143. The van der Waals surface area contributed by atoms with E-state index in [1.54, 1.807) is 0 Å². The number of carbonyl (C=O) groups excluding carboxylic acids is 1. The van der Waals surface area contributed by atoms with Gasteiger partial charge in [-0.1, -0.05) is 27.7 Å². The fraction of sp³-hybridized carbons (Fsp3) is 0.923. The van der Waals surface area contributed by atoms with Gasteiger partial charge >= 0.3 is 5.97 Å². The minimum Gasteiger partial charge on any atom is -0.468 e. The van der Waals surface area contributed by atoms with Crippen LogP contribution in [0, 0.1) is 16.7 Å². The Morgan fingerprint density at radius 1 is 1.25 bits per heavy atom. The first-order chi connectivity index (χ1) is 7.32. The maximum absolute atomic E-state index is 11.7. The summed E-state index contributed by atoms with van der Waals surface area (Å²) < 4.78 is 4.88. The molecule has 0 bridgehead atoms. The van der Waals surface area contributed by atoms with Gasteiger partial charge in [0.05, 0.1) is 7.11 Å². The van der Waals surface area contributed by atoms with Crippen LogP contribution >= 0.6 is 0 Å². The van der Waals surface area contributed by atoms with Gasteiger partial charge in [-0.25, -0.2) is 0 Å². The number of methoxy groups -OCH3 is 1. The molecule has 0 spiro atoms. The molecule has 2 aliphatic rings. The first-order valence-corrected chi connectivity index (χ1v) is 6.16. The Labute approximate surface area is 97.9 Å². The van der Waals surface area contributed by atoms with Crippen LogP contribution in [0.2, 0.25) is 0 Å². The molecular weight excluding hydrogens is 202 g/mol. The van der Waals surface area contributed by atoms with Crippen molar-refractivity contribution in [1.29, 1.82) is 0 Å². The van der Waals surface area contributed by atoms with Gasteiger partial charge in [-0.2, -0.15) is 0 Å². The van der Waals surface area contributed by atoms with Crippen molar-refractivity contribution in [3.8, 4) is 0 Å². The summed E-state index contributed by atoms with van der Waals surface area (Å²) in [6.07, 6.45) is 2.31. The summed E-state index contributed by atoms with van der Waals surface area (Å²) in [7, 11) is 1.47. The molecule has 1 N–H and O–H groups in total. The molecule has 0 amide bonds. The van der Waals surface area contributed by atoms with Gasteiger partial charge in [0.25, 0.3) is 0 Å². The highest BCUT2D eigenvalue weighted by molar-refractivity contribution is 5.76. The van der Waals surface area contributed by atoms with E-state index in [9.17, 15) is 4.79 Å². The monoisotopic (exact) mass is 225 g/mol. The molecule has 0 radical (unpaired) electrons. The zero-order valence-corrected chi connectivity index (χ0v) is 11.0. The Kier molecular flexibility index (Phi) is 2.57. The molecule has 3 nitrogen and oxygen atoms in total. The fourth-order valence-corrected chi connectivity index (χ4v) is 2.75. The lowest BCUT2D eigenvalue weighted by Gasteiger charge is -2.17. The van der Waals surface area contributed by atoms with Crippen molar-refractivity contribution in [3.63, 3.8) is 0 Å². The van der Waals surface area contributed by atoms with E-state index >= 15 is 0 Å². The topological polar surface area (TPSA) is 38.3 Å². The van der Waals surface area contributed by atoms with E-state index in [1.165, 1.54) is 7.11 Å². The lowest BCUT2D eigenvalue weighted by Crippen LogP contribution is -2.42. The van der Waals surface area contributed by atoms with Crippen LogP contribution in [0.3, 0.4) is 0 Å². The average Bonchev–Trinajstić information content (AvgIpc) is 3.06. The molecule has 2 aliphatic carbocycles. The summed E-state index contributed by atoms with van der Waals surface area (Å²) in [6, 6.07) is 0.334. The summed E-state index contributed by atoms with van der Waals surface area (Å²) in [6.45, 7) is 9.02. The van der Waals surface area contributed by atoms with Crippen LogP contribution in [0.25, 0.3) is 0 Å². The van der Waals surface area contributed by atoms with E-state index in [1.807, 2.05) is 0 Å². The Hall–Kier alpha value is -0.570. The number of rotatable bonds is 4. The van der Waals surface area contributed by atoms with E-state index in [0.717, 1.165) is 12.8 Å². The van der Waals surface area contributed by atoms with E-state index in [4.69, 9.17) is 4.74 Å². The quantitative estimate of drug-likeness (QED) is 0.743. The van der Waals surface area contributed by atoms with Crippen LogP contribution in [0.15, 0.2) is 0 Å². The fourth-order valence-electron chi connectivity index (χ4n) is 2.75. The van der Waals surface area contributed by atoms with Crippen LogP contribution in [-0.2, 0) is 9.53 Å². The molecule has 0 aromatic heterocycles. The highest BCUT2D eigenvalue weighted by Crippen LogP contribution is 2.63. The first kappa shape index (κ1) is 11.9. The predicted molar refractivity (Wildman–Crippen MR) is 63.0 cm³/mol. The van der Waals surface area contributed by atoms with Gasteiger partial charge in [-0.15, -0.1) is 0 Å². The van der Waals surface area contributed by atoms with E-state index in [-0.39, 0.29) is 22.8 Å². The third-order valence-corrected chi connectivity index (χ3v) is 4.92. The zero-order valence-electron chi connectivity index (χ0n) is 11.0. The number of hydrogen-bond donors (Lipinski definition) is 1. The van der Waals surface area contributed by atoms with Crippen LogP contribution in [-0.4, -0.2) is 25.2 Å². The zero-order chi connectivity index (χ0) is 12.1. The second-order valence-corrected chi connectivity index (χ2v) is 6.38. The third kappa shape index (κ3) is 1.65. The molecule has 2 fully saturated rings. The molecule has 16 heavy (non-hydrogen) atoms. The normalized spacial score (nSPS) is 28.6. The van der Waals surface area contributed by atoms with E-state index in [2.05, 4.69) is 33.0 Å². The molecule has 1 unspecified atom stereocenters. The Morgan fingerprint density at radius 2 is 1.75 bits per heavy atom. The van der Waals surface area contributed by atoms with Crippen molar-refractivity contribution >= 4 is 5.97 Å². The molecule has 1 atom stereocenters. The molecular formula is C13H23NO2. The van der Waals surface area contributed by atoms with Gasteiger partial charge in [0, 0.05) is 6.04 Å². The molecule has 92 valence electrons. The van der Waals surface area contributed by atoms with E-state index < -0.39 is 0 Å². The SMILES string of the molecule is COC(=O)C(NC1C(C)(C)C1(C)C)C1CC1. The molecule has 2 rings (SSSR count). The summed E-state index contributed by atoms with van der Waals surface area (Å²) in [5, 5.41) is 3.51. The Bertz CT molecular complexity index is 291. The van der Waals surface area contributed by atoms with Crippen LogP contribution < -0.4 is 5.32 Å². The minimum atomic E-state index is -0.0963. The first-order valence-electron chi connectivity index (χ1n) is 6.16. The Morgan fingerprint density at radius 3 is 2.06 bits per heavy atom. The maximum atomic E-state index is 11.7. The second kappa shape index (κ2) is 3.46. The predicted octanol–water partition coefficient (Wildman–Crippen LogP) is 1.96. The van der Waals surface area contributed by atoms with Gasteiger partial charge < -0.3 is 10.1 Å². The molecule has 0 aliphatic heterocycles. The van der Waals surface area contributed by atoms with Gasteiger partial charge in [0.1, 0.15) is 6.04 Å². The summed E-state index contributed by atoms with van der Waals surface area (Å²) in [5.74, 6) is 0.403. The van der Waals surface area contributed by atoms with Crippen molar-refractivity contribution < 1.29 is 9.53 Å². The smallest absolute Gasteiger partial charge is 0.323 e. The number of ether oxygens (including phenoxy) is 1. The second-order valence-electron chi connectivity index (χ2n) is 6.38. The van der Waals surface area contributed by atoms with Gasteiger partial charge in [-0.3, -0.25) is 4.79 Å². The summed E-state index contributed by atoms with van der Waals surface area (Å²) in [4.78, 5) is 11.7. The highest BCUT2D eigenvalue weighted by atomic mass is 16.5. The van der Waals surface area contributed by atoms with Gasteiger partial charge in [-0.05, 0) is 29.6 Å². The molecule has 0 saturated heterocycles. The largest absolute Gasteiger partial charge is 0.468 e. The number of esters is 1. The van der Waals surface area contributed by atoms with Crippen molar-refractivity contribution in [2.45, 2.75) is 52.6 Å². The Balaban J connectivity index is 2.00. The maximum Gasteiger partial charge on any atom is 0.323 e. The number of hydrogen-bond acceptors (Lipinski definition) is 3. The number of carbonyl (C=O) groups is 1. The molecule has 0 aromatic carbocycles. The van der Waals surface area contributed by atoms with Crippen LogP contribution in [0.1, 0.15) is 40.5 Å². The van der Waals surface area contributed by atoms with Gasteiger partial charge in [0.2, 0.25) is 0 Å². The molecule has 2 saturated carbocycles. The van der Waals surface area contributed by atoms with Crippen molar-refractivity contribution in [3.05, 3.63) is 0 Å². The van der Waals surface area contributed by atoms with E-state index in [0.29, 0.717) is 12.0 Å². The standard InChI is InChI=1S/C13H23NO2/c1-12(2)11(13(12,3)4)14-9(8-6-7-8)10(15)16-5/h8-9,11,14H,6-7H2,1-5H3. The molecule has 0 heterocycles. The van der Waals surface area contributed by atoms with Crippen LogP contribution in [0.4, 0.5) is 0 Å². The number of nitrogens with one attached hydrogen (secondary N) is 1. The summed E-state index contributed by atoms with van der Waals surface area (Å²) in [5.41, 5.74) is 0.544. The third-order valence-electron chi connectivity index (χ3n) is 4.92. The molecule has 0 aromatic rings. The van der Waals surface area contributed by atoms with Crippen molar-refractivity contribution in [2.75, 3.05) is 7.11 Å². The van der Waals surface area contributed by atoms with Crippen LogP contribution in [0.5, 0.6) is 0 Å². The average molecular weight is 225 g/mol.